The molecule has 1 aromatic carbocycles. The summed E-state index contributed by atoms with van der Waals surface area (Å²) in [5.74, 6) is -0.0444. The van der Waals surface area contributed by atoms with Crippen molar-refractivity contribution in [3.63, 3.8) is 0 Å². The average molecular weight is 357 g/mol. The monoisotopic (exact) mass is 357 g/mol. The lowest BCUT2D eigenvalue weighted by molar-refractivity contribution is -0.139. The highest BCUT2D eigenvalue weighted by Gasteiger charge is 2.34. The quantitative estimate of drug-likeness (QED) is 0.822. The molecule has 1 unspecified atom stereocenters. The molecule has 6 nitrogen and oxygen atoms in total. The van der Waals surface area contributed by atoms with Gasteiger partial charge in [0, 0.05) is 44.5 Å². The number of ether oxygens (including phenoxy) is 2. The molecule has 0 N–H and O–H groups in total. The van der Waals surface area contributed by atoms with E-state index in [9.17, 15) is 4.79 Å². The number of carbonyl (C=O) groups is 1. The summed E-state index contributed by atoms with van der Waals surface area (Å²) in [6.07, 6.45) is 1.75. The third kappa shape index (κ3) is 4.31. The second-order valence-electron chi connectivity index (χ2n) is 7.53. The molecular formula is C20H27N3O3. The van der Waals surface area contributed by atoms with Crippen molar-refractivity contribution in [1.82, 2.24) is 9.88 Å². The van der Waals surface area contributed by atoms with Crippen LogP contribution in [0.2, 0.25) is 0 Å². The second kappa shape index (κ2) is 7.60. The number of amides is 1. The van der Waals surface area contributed by atoms with Crippen molar-refractivity contribution in [3.05, 3.63) is 36.5 Å². The van der Waals surface area contributed by atoms with Gasteiger partial charge in [-0.1, -0.05) is 18.2 Å². The van der Waals surface area contributed by atoms with Gasteiger partial charge < -0.3 is 19.3 Å². The minimum atomic E-state index is -0.303. The van der Waals surface area contributed by atoms with Crippen LogP contribution in [-0.2, 0) is 14.3 Å². The fourth-order valence-corrected chi connectivity index (χ4v) is 3.33. The molecule has 1 amide bonds. The van der Waals surface area contributed by atoms with Gasteiger partial charge >= 0.3 is 0 Å². The molecule has 2 heterocycles. The summed E-state index contributed by atoms with van der Waals surface area (Å²) in [4.78, 5) is 20.0. The number of carbonyl (C=O) groups excluding carboxylic acids is 1. The van der Waals surface area contributed by atoms with Gasteiger partial charge in [-0.2, -0.15) is 0 Å². The van der Waals surface area contributed by atoms with Crippen LogP contribution >= 0.6 is 0 Å². The fourth-order valence-electron chi connectivity index (χ4n) is 3.33. The number of rotatable bonds is 5. The number of pyridine rings is 1. The molecule has 0 saturated carbocycles. The second-order valence-corrected chi connectivity index (χ2v) is 7.53. The maximum Gasteiger partial charge on any atom is 0.248 e. The van der Waals surface area contributed by atoms with Crippen molar-refractivity contribution in [1.29, 1.82) is 0 Å². The highest BCUT2D eigenvalue weighted by molar-refractivity contribution is 5.91. The maximum atomic E-state index is 11.7. The molecule has 1 atom stereocenters. The smallest absolute Gasteiger partial charge is 0.248 e. The van der Waals surface area contributed by atoms with Crippen LogP contribution in [-0.4, -0.2) is 67.9 Å². The van der Waals surface area contributed by atoms with Gasteiger partial charge in [0.25, 0.3) is 0 Å². The number of nitrogens with zero attached hydrogens (tertiary/aromatic N) is 3. The van der Waals surface area contributed by atoms with Gasteiger partial charge in [0.2, 0.25) is 5.91 Å². The number of likely N-dealkylation sites (N-methyl/N-ethyl adjacent to an activating group) is 1. The van der Waals surface area contributed by atoms with E-state index in [1.165, 1.54) is 4.90 Å². The molecule has 0 radical (unpaired) electrons. The molecule has 140 valence electrons. The molecule has 0 aliphatic carbocycles. The number of hydrogen-bond donors (Lipinski definition) is 0. The molecule has 1 saturated heterocycles. The Hall–Kier alpha value is -2.18. The van der Waals surface area contributed by atoms with E-state index in [1.54, 1.807) is 14.1 Å². The Morgan fingerprint density at radius 3 is 2.88 bits per heavy atom. The molecule has 0 spiro atoms. The number of morpholine rings is 1. The molecular weight excluding hydrogens is 330 g/mol. The first-order chi connectivity index (χ1) is 12.4. The first-order valence-electron chi connectivity index (χ1n) is 8.90. The summed E-state index contributed by atoms with van der Waals surface area (Å²) in [5, 5.41) is 1.13. The van der Waals surface area contributed by atoms with Gasteiger partial charge in [-0.25, -0.2) is 0 Å². The van der Waals surface area contributed by atoms with Crippen molar-refractivity contribution < 1.29 is 14.3 Å². The van der Waals surface area contributed by atoms with Crippen LogP contribution in [0.15, 0.2) is 36.5 Å². The Morgan fingerprint density at radius 2 is 2.12 bits per heavy atom. The first-order valence-corrected chi connectivity index (χ1v) is 8.90. The predicted octanol–water partition coefficient (Wildman–Crippen LogP) is 2.32. The number of benzene rings is 1. The zero-order valence-corrected chi connectivity index (χ0v) is 15.9. The topological polar surface area (TPSA) is 54.9 Å². The highest BCUT2D eigenvalue weighted by atomic mass is 16.5. The van der Waals surface area contributed by atoms with E-state index >= 15 is 0 Å². The number of para-hydroxylation sites is 1. The average Bonchev–Trinajstić information content (AvgIpc) is 2.59. The Balaban J connectivity index is 1.74. The third-order valence-corrected chi connectivity index (χ3v) is 4.48. The van der Waals surface area contributed by atoms with Gasteiger partial charge in [-0.3, -0.25) is 9.78 Å². The van der Waals surface area contributed by atoms with Crippen LogP contribution in [0.4, 0.5) is 5.69 Å². The maximum absolute atomic E-state index is 11.7. The van der Waals surface area contributed by atoms with Crippen molar-refractivity contribution in [2.75, 3.05) is 45.3 Å². The molecule has 2 aromatic rings. The van der Waals surface area contributed by atoms with E-state index in [4.69, 9.17) is 9.47 Å². The van der Waals surface area contributed by atoms with E-state index in [-0.39, 0.29) is 24.2 Å². The van der Waals surface area contributed by atoms with Gasteiger partial charge in [-0.15, -0.1) is 0 Å². The number of aromatic nitrogens is 1. The first kappa shape index (κ1) is 18.6. The molecule has 26 heavy (non-hydrogen) atoms. The standard InChI is InChI=1S/C20H27N3O3/c1-20(2)14-23(11-15(26-20)12-25-13-19(24)22(3)4)18-9-10-21-17-8-6-5-7-16(17)18/h5-10,15H,11-14H2,1-4H3. The Labute approximate surface area is 154 Å². The van der Waals surface area contributed by atoms with Gasteiger partial charge in [-0.05, 0) is 26.0 Å². The zero-order chi connectivity index (χ0) is 18.7. The number of anilines is 1. The fraction of sp³-hybridized carbons (Fsp3) is 0.500. The van der Waals surface area contributed by atoms with E-state index in [0.29, 0.717) is 13.2 Å². The Kier molecular flexibility index (Phi) is 5.44. The van der Waals surface area contributed by atoms with Crippen molar-refractivity contribution >= 4 is 22.5 Å². The zero-order valence-electron chi connectivity index (χ0n) is 15.9. The predicted molar refractivity (Wildman–Crippen MR) is 102 cm³/mol. The SMILES string of the molecule is CN(C)C(=O)COCC1CN(c2ccnc3ccccc23)CC(C)(C)O1. The molecule has 0 bridgehead atoms. The van der Waals surface area contributed by atoms with Gasteiger partial charge in [0.05, 0.1) is 23.8 Å². The summed E-state index contributed by atoms with van der Waals surface area (Å²) in [6.45, 7) is 6.14. The summed E-state index contributed by atoms with van der Waals surface area (Å²) < 4.78 is 11.8. The van der Waals surface area contributed by atoms with E-state index in [0.717, 1.165) is 23.1 Å². The largest absolute Gasteiger partial charge is 0.369 e. The van der Waals surface area contributed by atoms with E-state index in [1.807, 2.05) is 24.4 Å². The summed E-state index contributed by atoms with van der Waals surface area (Å²) in [7, 11) is 3.45. The van der Waals surface area contributed by atoms with Crippen LogP contribution in [0.25, 0.3) is 10.9 Å². The molecule has 1 aliphatic rings. The van der Waals surface area contributed by atoms with Crippen LogP contribution in [0.1, 0.15) is 13.8 Å². The van der Waals surface area contributed by atoms with E-state index in [2.05, 4.69) is 35.9 Å². The lowest BCUT2D eigenvalue weighted by atomic mass is 10.0. The van der Waals surface area contributed by atoms with Crippen molar-refractivity contribution in [2.45, 2.75) is 25.6 Å². The minimum Gasteiger partial charge on any atom is -0.369 e. The number of hydrogen-bond acceptors (Lipinski definition) is 5. The van der Waals surface area contributed by atoms with Crippen LogP contribution in [0.5, 0.6) is 0 Å². The third-order valence-electron chi connectivity index (χ3n) is 4.48. The summed E-state index contributed by atoms with van der Waals surface area (Å²) >= 11 is 0. The lowest BCUT2D eigenvalue weighted by Crippen LogP contribution is -2.54. The van der Waals surface area contributed by atoms with Crippen molar-refractivity contribution in [3.8, 4) is 0 Å². The van der Waals surface area contributed by atoms with Crippen LogP contribution < -0.4 is 4.90 Å². The van der Waals surface area contributed by atoms with Gasteiger partial charge in [0.1, 0.15) is 6.61 Å². The number of fused-ring (bicyclic) bond motifs is 1. The minimum absolute atomic E-state index is 0.0444. The van der Waals surface area contributed by atoms with Gasteiger partial charge in [0.15, 0.2) is 0 Å². The molecule has 1 aliphatic heterocycles. The molecule has 3 rings (SSSR count). The lowest BCUT2D eigenvalue weighted by Gasteiger charge is -2.44. The molecule has 6 heteroatoms. The Morgan fingerprint density at radius 1 is 1.35 bits per heavy atom. The highest BCUT2D eigenvalue weighted by Crippen LogP contribution is 2.30. The van der Waals surface area contributed by atoms with Crippen LogP contribution in [0, 0.1) is 0 Å². The summed E-state index contributed by atoms with van der Waals surface area (Å²) in [5.41, 5.74) is 1.84. The van der Waals surface area contributed by atoms with E-state index < -0.39 is 0 Å². The normalized spacial score (nSPS) is 19.5. The Bertz CT molecular complexity index is 770. The molecule has 1 fully saturated rings. The summed E-state index contributed by atoms with van der Waals surface area (Å²) in [6, 6.07) is 10.2. The van der Waals surface area contributed by atoms with Crippen molar-refractivity contribution in [2.24, 2.45) is 0 Å². The molecule has 1 aromatic heterocycles. The van der Waals surface area contributed by atoms with Crippen LogP contribution in [0.3, 0.4) is 0 Å².